The van der Waals surface area contributed by atoms with Crippen LogP contribution in [0.5, 0.6) is 0 Å². The van der Waals surface area contributed by atoms with Crippen LogP contribution in [0.3, 0.4) is 0 Å². The van der Waals surface area contributed by atoms with Crippen LogP contribution in [0.15, 0.2) is 122 Å². The lowest BCUT2D eigenvalue weighted by Gasteiger charge is -2.27. The average molecular weight is 1180 g/mol. The molecule has 0 spiro atoms. The summed E-state index contributed by atoms with van der Waals surface area (Å²) in [5, 5.41) is 3.05. The Balaban J connectivity index is 5.19. The molecule has 0 heterocycles. The summed E-state index contributed by atoms with van der Waals surface area (Å²) in [5.41, 5.74) is 0. The molecule has 0 fully saturated rings. The number of phosphoric ester groups is 1. The fraction of sp³-hybridized carbons (Fsp3) is 0.699. The van der Waals surface area contributed by atoms with Gasteiger partial charge in [-0.05, 0) is 115 Å². The number of ether oxygens (including phenoxy) is 1. The number of amides is 1. The smallest absolute Gasteiger partial charge is 0.456 e. The number of hydrogen-bond acceptors (Lipinski definition) is 6. The van der Waals surface area contributed by atoms with Crippen molar-refractivity contribution >= 4 is 19.7 Å². The molecule has 0 bridgehead atoms. The average Bonchev–Trinajstić information content (AvgIpc) is 3.47. The Bertz CT molecular complexity index is 1830. The summed E-state index contributed by atoms with van der Waals surface area (Å²) in [5.74, 6) is -0.580. The van der Waals surface area contributed by atoms with Crippen molar-refractivity contribution in [2.24, 2.45) is 0 Å². The second kappa shape index (κ2) is 61.5. The summed E-state index contributed by atoms with van der Waals surface area (Å²) >= 11 is 0. The largest absolute Gasteiger partial charge is 0.472 e. The predicted octanol–water partition coefficient (Wildman–Crippen LogP) is 21.4. The van der Waals surface area contributed by atoms with Crippen LogP contribution in [-0.4, -0.2) is 74.3 Å². The number of nitrogens with zero attached hydrogens (tertiary/aromatic N) is 1. The van der Waals surface area contributed by atoms with Gasteiger partial charge < -0.3 is 19.4 Å². The van der Waals surface area contributed by atoms with E-state index in [0.717, 1.165) is 103 Å². The molecule has 83 heavy (non-hydrogen) atoms. The van der Waals surface area contributed by atoms with Crippen molar-refractivity contribution in [1.82, 2.24) is 5.32 Å². The maximum atomic E-state index is 13.6. The van der Waals surface area contributed by atoms with Gasteiger partial charge in [-0.3, -0.25) is 18.6 Å². The van der Waals surface area contributed by atoms with Crippen molar-refractivity contribution in [3.8, 4) is 0 Å². The minimum absolute atomic E-state index is 0.0251. The molecule has 0 radical (unpaired) electrons. The number of allylic oxidation sites excluding steroid dienone is 19. The van der Waals surface area contributed by atoms with Gasteiger partial charge in [-0.2, -0.15) is 0 Å². The molecule has 0 rings (SSSR count). The molecule has 0 aliphatic rings. The Morgan fingerprint density at radius 2 is 0.783 bits per heavy atom. The van der Waals surface area contributed by atoms with Crippen molar-refractivity contribution in [1.29, 1.82) is 0 Å². The van der Waals surface area contributed by atoms with Crippen LogP contribution in [0.25, 0.3) is 0 Å². The molecule has 0 aromatic rings. The van der Waals surface area contributed by atoms with Gasteiger partial charge in [0.25, 0.3) is 0 Å². The molecule has 1 amide bonds. The highest BCUT2D eigenvalue weighted by atomic mass is 31.2. The summed E-state index contributed by atoms with van der Waals surface area (Å²) in [6.45, 7) is 6.83. The number of hydrogen-bond donors (Lipinski definition) is 2. The number of rotatable bonds is 60. The van der Waals surface area contributed by atoms with Gasteiger partial charge in [-0.15, -0.1) is 0 Å². The number of nitrogens with one attached hydrogen (secondary N) is 1. The second-order valence-corrected chi connectivity index (χ2v) is 25.1. The number of carbonyl (C=O) groups is 2. The SMILES string of the molecule is CC/C=C\C/C=C\C/C=C\C/C=C\C/C=C\CCCC(=O)OC(/C=C\CCCCCCCCCCCCC)C(COP(=O)(O)OCC[N+](C)(C)C)NC(=O)CCCCCCCCCCCCC/C=C\C/C=C\C/C=C\C/C=C\CCCCC. The van der Waals surface area contributed by atoms with Crippen LogP contribution in [-0.2, 0) is 27.9 Å². The first kappa shape index (κ1) is 79.4. The maximum absolute atomic E-state index is 13.6. The fourth-order valence-corrected chi connectivity index (χ4v) is 9.93. The van der Waals surface area contributed by atoms with Gasteiger partial charge in [0.15, 0.2) is 0 Å². The van der Waals surface area contributed by atoms with Crippen LogP contribution in [0.1, 0.15) is 278 Å². The highest BCUT2D eigenvalue weighted by Crippen LogP contribution is 2.43. The molecule has 0 saturated heterocycles. The van der Waals surface area contributed by atoms with Gasteiger partial charge in [0.05, 0.1) is 33.8 Å². The molecular weight excluding hydrogens is 1050 g/mol. The Morgan fingerprint density at radius 3 is 1.20 bits per heavy atom. The van der Waals surface area contributed by atoms with Crippen molar-refractivity contribution < 1.29 is 37.3 Å². The third-order valence-electron chi connectivity index (χ3n) is 14.4. The molecule has 476 valence electrons. The molecule has 0 aromatic carbocycles. The van der Waals surface area contributed by atoms with Crippen molar-refractivity contribution in [3.05, 3.63) is 122 Å². The highest BCUT2D eigenvalue weighted by molar-refractivity contribution is 7.47. The number of quaternary nitrogens is 1. The standard InChI is InChI=1S/C73H127N2O7P/c1-7-10-13-16-19-22-25-28-30-32-33-34-35-36-37-38-39-40-41-43-44-47-50-53-56-59-62-65-72(76)74-70(69-81-83(78,79)80-68-67-75(4,5)6)71(64-61-58-55-52-49-46-27-24-21-18-15-12-9-3)82-73(77)66-63-60-57-54-51-48-45-42-31-29-26-23-20-17-14-11-8-2/h11,14,19-20,22-23,28-31,33-34,36-37,45,48,54,57,61,64,70-71H,7-10,12-13,15-18,21,24-27,32,35,38-44,46-47,49-53,55-56,58-60,62-63,65-69H2,1-6H3,(H-,74,76,78,79)/p+1/b14-11-,22-19-,23-20-,30-28-,31-29-,34-33-,37-36-,48-45-,57-54-,64-61-. The Hall–Kier alpha value is -3.59. The first-order valence-electron chi connectivity index (χ1n) is 33.9. The number of unbranched alkanes of at least 4 members (excludes halogenated alkanes) is 26. The van der Waals surface area contributed by atoms with Gasteiger partial charge in [-0.25, -0.2) is 4.57 Å². The molecule has 10 heteroatoms. The summed E-state index contributed by atoms with van der Waals surface area (Å²) in [4.78, 5) is 37.8. The number of likely N-dealkylation sites (N-methyl/N-ethyl adjacent to an activating group) is 1. The van der Waals surface area contributed by atoms with Crippen molar-refractivity contribution in [2.45, 2.75) is 290 Å². The molecule has 3 unspecified atom stereocenters. The van der Waals surface area contributed by atoms with Gasteiger partial charge in [-0.1, -0.05) is 271 Å². The van der Waals surface area contributed by atoms with Gasteiger partial charge in [0.1, 0.15) is 19.3 Å². The van der Waals surface area contributed by atoms with Crippen LogP contribution < -0.4 is 5.32 Å². The Morgan fingerprint density at radius 1 is 0.434 bits per heavy atom. The summed E-state index contributed by atoms with van der Waals surface area (Å²) in [6, 6.07) is -0.882. The zero-order valence-corrected chi connectivity index (χ0v) is 55.3. The van der Waals surface area contributed by atoms with E-state index in [-0.39, 0.29) is 31.5 Å². The number of esters is 1. The third kappa shape index (κ3) is 62.8. The lowest BCUT2D eigenvalue weighted by molar-refractivity contribution is -0.870. The summed E-state index contributed by atoms with van der Waals surface area (Å²) in [6.07, 6.45) is 86.4. The van der Waals surface area contributed by atoms with Crippen molar-refractivity contribution in [3.63, 3.8) is 0 Å². The van der Waals surface area contributed by atoms with E-state index in [0.29, 0.717) is 23.9 Å². The molecule has 2 N–H and O–H groups in total. The van der Waals surface area contributed by atoms with Crippen LogP contribution >= 0.6 is 7.82 Å². The van der Waals surface area contributed by atoms with E-state index < -0.39 is 20.0 Å². The minimum Gasteiger partial charge on any atom is -0.456 e. The lowest BCUT2D eigenvalue weighted by Crippen LogP contribution is -2.47. The van der Waals surface area contributed by atoms with Gasteiger partial charge in [0.2, 0.25) is 5.91 Å². The van der Waals surface area contributed by atoms with E-state index in [1.807, 2.05) is 33.3 Å². The van der Waals surface area contributed by atoms with E-state index in [1.165, 1.54) is 135 Å². The first-order valence-corrected chi connectivity index (χ1v) is 35.4. The highest BCUT2D eigenvalue weighted by Gasteiger charge is 2.30. The van der Waals surface area contributed by atoms with E-state index in [2.05, 4.69) is 135 Å². The van der Waals surface area contributed by atoms with Crippen LogP contribution in [0, 0.1) is 0 Å². The number of carbonyl (C=O) groups excluding carboxylic acids is 2. The number of phosphoric acid groups is 1. The zero-order chi connectivity index (χ0) is 60.7. The van der Waals surface area contributed by atoms with E-state index in [9.17, 15) is 19.0 Å². The Kier molecular flexibility index (Phi) is 58.8. The fourth-order valence-electron chi connectivity index (χ4n) is 9.19. The normalized spacial score (nSPS) is 14.3. The molecule has 0 aliphatic carbocycles. The lowest BCUT2D eigenvalue weighted by atomic mass is 10.0. The summed E-state index contributed by atoms with van der Waals surface area (Å²) < 4.78 is 30.7. The third-order valence-corrected chi connectivity index (χ3v) is 15.4. The zero-order valence-electron chi connectivity index (χ0n) is 54.4. The van der Waals surface area contributed by atoms with Gasteiger partial charge >= 0.3 is 13.8 Å². The second-order valence-electron chi connectivity index (χ2n) is 23.6. The first-order chi connectivity index (χ1) is 40.4. The maximum Gasteiger partial charge on any atom is 0.472 e. The molecule has 3 atom stereocenters. The molecule has 0 aromatic heterocycles. The minimum atomic E-state index is -4.47. The molecule has 9 nitrogen and oxygen atoms in total. The van der Waals surface area contributed by atoms with Crippen LogP contribution in [0.4, 0.5) is 0 Å². The quantitative estimate of drug-likeness (QED) is 0.0205. The molecule has 0 aliphatic heterocycles. The summed E-state index contributed by atoms with van der Waals surface area (Å²) in [7, 11) is 1.45. The molecule has 0 saturated carbocycles. The van der Waals surface area contributed by atoms with Crippen LogP contribution in [0.2, 0.25) is 0 Å². The molecular formula is C73H128N2O7P+. The monoisotopic (exact) mass is 1180 g/mol. The van der Waals surface area contributed by atoms with E-state index in [1.54, 1.807) is 0 Å². The topological polar surface area (TPSA) is 111 Å². The van der Waals surface area contributed by atoms with Crippen molar-refractivity contribution in [2.75, 3.05) is 40.9 Å². The van der Waals surface area contributed by atoms with E-state index >= 15 is 0 Å². The van der Waals surface area contributed by atoms with E-state index in [4.69, 9.17) is 13.8 Å². The van der Waals surface area contributed by atoms with Gasteiger partial charge in [0, 0.05) is 12.8 Å². The Labute approximate surface area is 512 Å². The predicted molar refractivity (Wildman–Crippen MR) is 360 cm³/mol.